The topological polar surface area (TPSA) is 77.6 Å². The van der Waals surface area contributed by atoms with Crippen LogP contribution in [0.25, 0.3) is 15.3 Å². The molecule has 0 atom stereocenters. The molecule has 0 bridgehead atoms. The van der Waals surface area contributed by atoms with Gasteiger partial charge >= 0.3 is 0 Å². The van der Waals surface area contributed by atoms with E-state index >= 15 is 0 Å². The number of benzene rings is 1. The van der Waals surface area contributed by atoms with E-state index in [1.54, 1.807) is 27.6 Å². The lowest BCUT2D eigenvalue weighted by Crippen LogP contribution is -2.16. The largest absolute Gasteiger partial charge is 0.305 e. The van der Waals surface area contributed by atoms with E-state index in [1.807, 2.05) is 20.8 Å². The Bertz CT molecular complexity index is 1160. The van der Waals surface area contributed by atoms with Crippen LogP contribution in [-0.4, -0.2) is 30.5 Å². The molecule has 0 radical (unpaired) electrons. The fourth-order valence-electron chi connectivity index (χ4n) is 2.83. The van der Waals surface area contributed by atoms with Crippen LogP contribution in [0.3, 0.4) is 0 Å². The van der Waals surface area contributed by atoms with Crippen molar-refractivity contribution >= 4 is 33.3 Å². The molecule has 4 rings (SSSR count). The van der Waals surface area contributed by atoms with Crippen LogP contribution >= 0.6 is 11.3 Å². The van der Waals surface area contributed by atoms with Gasteiger partial charge in [0.15, 0.2) is 5.69 Å². The number of rotatable bonds is 4. The summed E-state index contributed by atoms with van der Waals surface area (Å²) in [6.07, 6.45) is 0. The summed E-state index contributed by atoms with van der Waals surface area (Å²) in [7, 11) is 0. The number of nitrogens with zero attached hydrogens (tertiary/aromatic N) is 5. The van der Waals surface area contributed by atoms with Gasteiger partial charge in [-0.05, 0) is 45.0 Å². The summed E-state index contributed by atoms with van der Waals surface area (Å²) < 4.78 is 17.5. The van der Waals surface area contributed by atoms with Crippen molar-refractivity contribution in [3.8, 4) is 5.13 Å². The first-order valence-corrected chi connectivity index (χ1v) is 9.25. The minimum atomic E-state index is -0.321. The quantitative estimate of drug-likeness (QED) is 0.582. The number of anilines is 1. The minimum absolute atomic E-state index is 0.315. The van der Waals surface area contributed by atoms with E-state index in [0.29, 0.717) is 33.4 Å². The lowest BCUT2D eigenvalue weighted by Gasteiger charge is -2.04. The third kappa shape index (κ3) is 3.21. The molecule has 0 aliphatic heterocycles. The summed E-state index contributed by atoms with van der Waals surface area (Å²) in [4.78, 5) is 17.1. The Labute approximate surface area is 158 Å². The maximum absolute atomic E-state index is 13.4. The van der Waals surface area contributed by atoms with Crippen LogP contribution in [0.5, 0.6) is 0 Å². The molecule has 0 aliphatic rings. The SMILES string of the molecule is CCn1nc(C(=O)Nc2cc(C)nn2-c2nc3ccc(F)cc3s2)cc1C. The average Bonchev–Trinajstić information content (AvgIpc) is 3.30. The number of carbonyl (C=O) groups excluding carboxylic acids is 1. The van der Waals surface area contributed by atoms with Gasteiger partial charge in [0.25, 0.3) is 5.91 Å². The number of nitrogens with one attached hydrogen (secondary N) is 1. The Kier molecular flexibility index (Phi) is 4.23. The zero-order chi connectivity index (χ0) is 19.1. The predicted molar refractivity (Wildman–Crippen MR) is 102 cm³/mol. The summed E-state index contributed by atoms with van der Waals surface area (Å²) in [6, 6.07) is 7.93. The van der Waals surface area contributed by atoms with Crippen molar-refractivity contribution in [1.29, 1.82) is 0 Å². The van der Waals surface area contributed by atoms with Gasteiger partial charge in [0.2, 0.25) is 5.13 Å². The molecule has 0 saturated heterocycles. The molecule has 0 aliphatic carbocycles. The van der Waals surface area contributed by atoms with Gasteiger partial charge in [-0.25, -0.2) is 9.37 Å². The smallest absolute Gasteiger partial charge is 0.277 e. The standard InChI is InChI=1S/C18H17FN6OS/c1-4-24-11(3)8-14(23-24)17(26)21-16-7-10(2)22-25(16)18-20-13-6-5-12(19)9-15(13)27-18/h5-9H,4H2,1-3H3,(H,21,26). The van der Waals surface area contributed by atoms with Crippen LogP contribution < -0.4 is 5.32 Å². The molecule has 0 spiro atoms. The van der Waals surface area contributed by atoms with Crippen molar-refractivity contribution in [1.82, 2.24) is 24.5 Å². The number of aryl methyl sites for hydroxylation is 3. The average molecular weight is 384 g/mol. The van der Waals surface area contributed by atoms with E-state index in [2.05, 4.69) is 20.5 Å². The van der Waals surface area contributed by atoms with Crippen molar-refractivity contribution < 1.29 is 9.18 Å². The number of thiazole rings is 1. The summed E-state index contributed by atoms with van der Waals surface area (Å²) in [5.74, 6) is -0.149. The number of hydrogen-bond acceptors (Lipinski definition) is 5. The fourth-order valence-corrected chi connectivity index (χ4v) is 3.79. The van der Waals surface area contributed by atoms with Crippen molar-refractivity contribution in [2.24, 2.45) is 0 Å². The molecule has 1 N–H and O–H groups in total. The first-order chi connectivity index (χ1) is 12.9. The minimum Gasteiger partial charge on any atom is -0.305 e. The van der Waals surface area contributed by atoms with Crippen LogP contribution in [0.2, 0.25) is 0 Å². The molecule has 3 heterocycles. The number of halogens is 1. The number of hydrogen-bond donors (Lipinski definition) is 1. The molecule has 7 nitrogen and oxygen atoms in total. The van der Waals surface area contributed by atoms with E-state index in [-0.39, 0.29) is 11.7 Å². The van der Waals surface area contributed by atoms with Gasteiger partial charge in [0, 0.05) is 18.3 Å². The maximum Gasteiger partial charge on any atom is 0.277 e. The van der Waals surface area contributed by atoms with Crippen molar-refractivity contribution in [3.63, 3.8) is 0 Å². The van der Waals surface area contributed by atoms with Crippen LogP contribution in [0, 0.1) is 19.7 Å². The van der Waals surface area contributed by atoms with Gasteiger partial charge in [-0.15, -0.1) is 0 Å². The van der Waals surface area contributed by atoms with Crippen molar-refractivity contribution in [2.75, 3.05) is 5.32 Å². The van der Waals surface area contributed by atoms with Gasteiger partial charge in [0.1, 0.15) is 11.6 Å². The lowest BCUT2D eigenvalue weighted by molar-refractivity contribution is 0.102. The predicted octanol–water partition coefficient (Wildman–Crippen LogP) is 3.71. The second-order valence-corrected chi connectivity index (χ2v) is 7.14. The third-order valence-corrected chi connectivity index (χ3v) is 5.10. The van der Waals surface area contributed by atoms with E-state index in [9.17, 15) is 9.18 Å². The van der Waals surface area contributed by atoms with Crippen molar-refractivity contribution in [2.45, 2.75) is 27.3 Å². The number of aromatic nitrogens is 5. The molecule has 138 valence electrons. The van der Waals surface area contributed by atoms with Gasteiger partial charge in [-0.2, -0.15) is 14.9 Å². The molecule has 9 heteroatoms. The molecule has 4 aromatic rings. The Morgan fingerprint density at radius 2 is 2.04 bits per heavy atom. The van der Waals surface area contributed by atoms with E-state index < -0.39 is 0 Å². The Morgan fingerprint density at radius 1 is 1.22 bits per heavy atom. The summed E-state index contributed by atoms with van der Waals surface area (Å²) >= 11 is 1.30. The first-order valence-electron chi connectivity index (χ1n) is 8.43. The highest BCUT2D eigenvalue weighted by atomic mass is 32.1. The van der Waals surface area contributed by atoms with Crippen LogP contribution in [0.15, 0.2) is 30.3 Å². The molecule has 0 saturated carbocycles. The lowest BCUT2D eigenvalue weighted by atomic mass is 10.3. The summed E-state index contributed by atoms with van der Waals surface area (Å²) in [5.41, 5.74) is 2.66. The molecule has 1 aromatic carbocycles. The first kappa shape index (κ1) is 17.3. The van der Waals surface area contributed by atoms with E-state index in [4.69, 9.17) is 0 Å². The number of carbonyl (C=O) groups is 1. The highest BCUT2D eigenvalue weighted by Crippen LogP contribution is 2.28. The molecular formula is C18H17FN6OS. The summed E-state index contributed by atoms with van der Waals surface area (Å²) in [6.45, 7) is 6.39. The number of fused-ring (bicyclic) bond motifs is 1. The molecule has 1 amide bonds. The highest BCUT2D eigenvalue weighted by Gasteiger charge is 2.17. The fraction of sp³-hybridized carbons (Fsp3) is 0.222. The monoisotopic (exact) mass is 384 g/mol. The highest BCUT2D eigenvalue weighted by molar-refractivity contribution is 7.20. The Morgan fingerprint density at radius 3 is 2.78 bits per heavy atom. The maximum atomic E-state index is 13.4. The van der Waals surface area contributed by atoms with Crippen LogP contribution in [-0.2, 0) is 6.54 Å². The van der Waals surface area contributed by atoms with Crippen molar-refractivity contribution in [3.05, 3.63) is 53.2 Å². The molecule has 27 heavy (non-hydrogen) atoms. The van der Waals surface area contributed by atoms with Gasteiger partial charge < -0.3 is 5.32 Å². The Balaban J connectivity index is 1.68. The van der Waals surface area contributed by atoms with Gasteiger partial charge in [-0.3, -0.25) is 9.48 Å². The molecule has 3 aromatic heterocycles. The number of amides is 1. The van der Waals surface area contributed by atoms with Crippen LogP contribution in [0.4, 0.5) is 10.2 Å². The van der Waals surface area contributed by atoms with E-state index in [1.165, 1.54) is 23.5 Å². The third-order valence-electron chi connectivity index (χ3n) is 4.11. The molecule has 0 unspecified atom stereocenters. The van der Waals surface area contributed by atoms with Gasteiger partial charge in [0.05, 0.1) is 15.9 Å². The van der Waals surface area contributed by atoms with Crippen LogP contribution in [0.1, 0.15) is 28.8 Å². The normalized spacial score (nSPS) is 11.3. The molecule has 0 fully saturated rings. The zero-order valence-corrected chi connectivity index (χ0v) is 15.8. The zero-order valence-electron chi connectivity index (χ0n) is 15.0. The van der Waals surface area contributed by atoms with E-state index in [0.717, 1.165) is 11.4 Å². The second-order valence-electron chi connectivity index (χ2n) is 6.13. The summed E-state index contributed by atoms with van der Waals surface area (Å²) in [5, 5.41) is 12.1. The second kappa shape index (κ2) is 6.58. The van der Waals surface area contributed by atoms with Gasteiger partial charge in [-0.1, -0.05) is 11.3 Å². The molecular weight excluding hydrogens is 367 g/mol. The Hall–Kier alpha value is -3.07.